The molecular formula is C13H20O2Si. The van der Waals surface area contributed by atoms with E-state index in [-0.39, 0.29) is 0 Å². The van der Waals surface area contributed by atoms with E-state index in [0.717, 1.165) is 24.5 Å². The average molecular weight is 236 g/mol. The maximum atomic E-state index is 5.82. The van der Waals surface area contributed by atoms with Gasteiger partial charge in [-0.25, -0.2) is 0 Å². The highest BCUT2D eigenvalue weighted by Crippen LogP contribution is 2.15. The fourth-order valence-electron chi connectivity index (χ4n) is 1.34. The molecule has 0 aliphatic carbocycles. The second-order valence-electron chi connectivity index (χ2n) is 3.85. The summed E-state index contributed by atoms with van der Waals surface area (Å²) in [5, 5.41) is 0. The third kappa shape index (κ3) is 4.64. The highest BCUT2D eigenvalue weighted by atomic mass is 28.2. The predicted molar refractivity (Wildman–Crippen MR) is 71.6 cm³/mol. The fraction of sp³-hybridized carbons (Fsp3) is 0.385. The van der Waals surface area contributed by atoms with E-state index in [1.807, 2.05) is 37.3 Å². The molecule has 1 aromatic carbocycles. The summed E-state index contributed by atoms with van der Waals surface area (Å²) in [6, 6.07) is 8.03. The Hall–Kier alpha value is -1.06. The first-order valence-corrected chi connectivity index (χ1v) is 7.08. The van der Waals surface area contributed by atoms with Crippen molar-refractivity contribution in [3.05, 3.63) is 36.4 Å². The van der Waals surface area contributed by atoms with Crippen molar-refractivity contribution in [3.63, 3.8) is 0 Å². The summed E-state index contributed by atoms with van der Waals surface area (Å²) < 4.78 is 11.2. The van der Waals surface area contributed by atoms with Crippen molar-refractivity contribution < 1.29 is 9.16 Å². The second-order valence-corrected chi connectivity index (χ2v) is 5.87. The Morgan fingerprint density at radius 1 is 1.50 bits per heavy atom. The first-order valence-electron chi connectivity index (χ1n) is 5.69. The number of ether oxygens (including phenoxy) is 1. The summed E-state index contributed by atoms with van der Waals surface area (Å²) in [6.45, 7) is 9.53. The minimum absolute atomic E-state index is 0.548. The van der Waals surface area contributed by atoms with Crippen LogP contribution >= 0.6 is 0 Å². The van der Waals surface area contributed by atoms with E-state index >= 15 is 0 Å². The highest BCUT2D eigenvalue weighted by Gasteiger charge is 2.04. The van der Waals surface area contributed by atoms with Crippen molar-refractivity contribution in [2.45, 2.75) is 19.4 Å². The Morgan fingerprint density at radius 3 is 3.00 bits per heavy atom. The van der Waals surface area contributed by atoms with Gasteiger partial charge in [0.05, 0.1) is 0 Å². The van der Waals surface area contributed by atoms with Gasteiger partial charge in [-0.05, 0) is 24.6 Å². The van der Waals surface area contributed by atoms with Crippen molar-refractivity contribution in [2.75, 3.05) is 13.2 Å². The Morgan fingerprint density at radius 2 is 2.31 bits per heavy atom. The normalized spacial score (nSPS) is 12.9. The summed E-state index contributed by atoms with van der Waals surface area (Å²) in [7, 11) is -0.566. The molecule has 1 unspecified atom stereocenters. The van der Waals surface area contributed by atoms with E-state index in [9.17, 15) is 0 Å². The molecule has 1 rings (SSSR count). The summed E-state index contributed by atoms with van der Waals surface area (Å²) in [5.41, 5.74) is 1.65. The van der Waals surface area contributed by atoms with E-state index in [1.54, 1.807) is 0 Å². The van der Waals surface area contributed by atoms with Crippen LogP contribution in [0.25, 0.3) is 6.08 Å². The molecule has 1 atom stereocenters. The lowest BCUT2D eigenvalue weighted by Crippen LogP contribution is -2.13. The molecule has 0 saturated heterocycles. The van der Waals surface area contributed by atoms with Crippen LogP contribution < -0.4 is 4.43 Å². The van der Waals surface area contributed by atoms with Crippen molar-refractivity contribution in [2.24, 2.45) is 0 Å². The van der Waals surface area contributed by atoms with Gasteiger partial charge in [-0.2, -0.15) is 0 Å². The zero-order valence-electron chi connectivity index (χ0n) is 10.1. The quantitative estimate of drug-likeness (QED) is 0.678. The summed E-state index contributed by atoms with van der Waals surface area (Å²) in [5.74, 6) is 0.951. The Balaban J connectivity index is 2.38. The van der Waals surface area contributed by atoms with Crippen LogP contribution in [0.5, 0.6) is 5.75 Å². The molecule has 16 heavy (non-hydrogen) atoms. The van der Waals surface area contributed by atoms with Gasteiger partial charge in [0, 0.05) is 18.8 Å². The van der Waals surface area contributed by atoms with Gasteiger partial charge in [-0.3, -0.25) is 0 Å². The molecule has 88 valence electrons. The largest absolute Gasteiger partial charge is 0.549 e. The van der Waals surface area contributed by atoms with Gasteiger partial charge in [0.1, 0.15) is 5.75 Å². The molecule has 0 aliphatic rings. The lowest BCUT2D eigenvalue weighted by Gasteiger charge is -2.12. The topological polar surface area (TPSA) is 18.5 Å². The fourth-order valence-corrected chi connectivity index (χ4v) is 2.26. The SMILES string of the molecule is C=Cc1cccc(O[SiH2]C(C)COCC)c1. The van der Waals surface area contributed by atoms with Crippen LogP contribution in [0.4, 0.5) is 0 Å². The summed E-state index contributed by atoms with van der Waals surface area (Å²) in [4.78, 5) is 0. The molecular weight excluding hydrogens is 216 g/mol. The maximum absolute atomic E-state index is 5.82. The zero-order chi connectivity index (χ0) is 11.8. The van der Waals surface area contributed by atoms with Gasteiger partial charge in [-0.1, -0.05) is 31.7 Å². The molecule has 0 aromatic heterocycles. The van der Waals surface area contributed by atoms with Crippen LogP contribution in [0.2, 0.25) is 5.54 Å². The zero-order valence-corrected chi connectivity index (χ0v) is 11.5. The lowest BCUT2D eigenvalue weighted by atomic mass is 10.2. The Kier molecular flexibility index (Phi) is 5.89. The Bertz CT molecular complexity index is 325. The van der Waals surface area contributed by atoms with Crippen LogP contribution in [-0.2, 0) is 4.74 Å². The molecule has 0 fully saturated rings. The van der Waals surface area contributed by atoms with Crippen molar-refractivity contribution in [1.29, 1.82) is 0 Å². The van der Waals surface area contributed by atoms with E-state index in [0.29, 0.717) is 5.54 Å². The van der Waals surface area contributed by atoms with Crippen LogP contribution in [-0.4, -0.2) is 23.0 Å². The molecule has 2 nitrogen and oxygen atoms in total. The Labute approximate surface area is 100 Å². The second kappa shape index (κ2) is 7.25. The average Bonchev–Trinajstić information content (AvgIpc) is 2.34. The van der Waals surface area contributed by atoms with Gasteiger partial charge < -0.3 is 9.16 Å². The first-order chi connectivity index (χ1) is 7.76. The van der Waals surface area contributed by atoms with Crippen LogP contribution in [0.15, 0.2) is 30.8 Å². The molecule has 0 heterocycles. The molecule has 1 aromatic rings. The minimum atomic E-state index is -0.566. The molecule has 0 amide bonds. The number of hydrogen-bond donors (Lipinski definition) is 0. The highest BCUT2D eigenvalue weighted by molar-refractivity contribution is 6.30. The minimum Gasteiger partial charge on any atom is -0.549 e. The van der Waals surface area contributed by atoms with Crippen LogP contribution in [0.3, 0.4) is 0 Å². The monoisotopic (exact) mass is 236 g/mol. The van der Waals surface area contributed by atoms with Crippen LogP contribution in [0.1, 0.15) is 19.4 Å². The van der Waals surface area contributed by atoms with Crippen molar-refractivity contribution >= 4 is 15.8 Å². The molecule has 0 bridgehead atoms. The molecule has 0 spiro atoms. The predicted octanol–water partition coefficient (Wildman–Crippen LogP) is 2.64. The van der Waals surface area contributed by atoms with E-state index < -0.39 is 9.76 Å². The molecule has 0 radical (unpaired) electrons. The molecule has 0 aliphatic heterocycles. The van der Waals surface area contributed by atoms with Gasteiger partial charge in [0.15, 0.2) is 0 Å². The smallest absolute Gasteiger partial charge is 0.224 e. The lowest BCUT2D eigenvalue weighted by molar-refractivity contribution is 0.146. The summed E-state index contributed by atoms with van der Waals surface area (Å²) >= 11 is 0. The van der Waals surface area contributed by atoms with Gasteiger partial charge in [0.2, 0.25) is 9.76 Å². The number of benzene rings is 1. The van der Waals surface area contributed by atoms with E-state index in [1.165, 1.54) is 0 Å². The van der Waals surface area contributed by atoms with Crippen molar-refractivity contribution in [3.8, 4) is 5.75 Å². The summed E-state index contributed by atoms with van der Waals surface area (Å²) in [6.07, 6.45) is 1.83. The standard InChI is InChI=1S/C13H20O2Si/c1-4-12-7-6-8-13(9-12)15-16-11(3)10-14-5-2/h4,6-9,11H,1,5,10,16H2,2-3H3. The van der Waals surface area contributed by atoms with Crippen molar-refractivity contribution in [1.82, 2.24) is 0 Å². The van der Waals surface area contributed by atoms with Gasteiger partial charge >= 0.3 is 0 Å². The van der Waals surface area contributed by atoms with Crippen LogP contribution in [0, 0.1) is 0 Å². The third-order valence-electron chi connectivity index (χ3n) is 2.23. The van der Waals surface area contributed by atoms with Gasteiger partial charge in [0.25, 0.3) is 0 Å². The van der Waals surface area contributed by atoms with E-state index in [2.05, 4.69) is 13.5 Å². The van der Waals surface area contributed by atoms with E-state index in [4.69, 9.17) is 9.16 Å². The molecule has 0 N–H and O–H groups in total. The number of rotatable bonds is 7. The third-order valence-corrected chi connectivity index (χ3v) is 3.54. The maximum Gasteiger partial charge on any atom is 0.224 e. The molecule has 3 heteroatoms. The first kappa shape index (κ1) is 13.0. The van der Waals surface area contributed by atoms with Gasteiger partial charge in [-0.15, -0.1) is 0 Å². The number of hydrogen-bond acceptors (Lipinski definition) is 2. The molecule has 0 saturated carbocycles.